The second-order valence-corrected chi connectivity index (χ2v) is 6.29. The molecule has 1 saturated heterocycles. The molecule has 10 nitrogen and oxygen atoms in total. The fraction of sp³-hybridized carbons (Fsp3) is 0.562. The number of imide groups is 1. The fourth-order valence-electron chi connectivity index (χ4n) is 2.52. The SMILES string of the molecule is CCCC[C@]1(C)NC(=O)N(CC(=O)OCC(=O)Nc2cc(C)on2)C1=O. The van der Waals surface area contributed by atoms with E-state index < -0.39 is 42.5 Å². The van der Waals surface area contributed by atoms with Crippen molar-refractivity contribution in [3.63, 3.8) is 0 Å². The monoisotopic (exact) mass is 366 g/mol. The molecule has 1 aromatic heterocycles. The first-order chi connectivity index (χ1) is 12.2. The van der Waals surface area contributed by atoms with Gasteiger partial charge in [-0.05, 0) is 20.3 Å². The number of carbonyl (C=O) groups is 4. The maximum absolute atomic E-state index is 12.4. The van der Waals surface area contributed by atoms with Crippen molar-refractivity contribution >= 4 is 29.6 Å². The first-order valence-corrected chi connectivity index (χ1v) is 8.28. The number of nitrogens with zero attached hydrogens (tertiary/aromatic N) is 2. The lowest BCUT2D eigenvalue weighted by Gasteiger charge is -2.21. The Morgan fingerprint density at radius 3 is 2.77 bits per heavy atom. The second-order valence-electron chi connectivity index (χ2n) is 6.29. The van der Waals surface area contributed by atoms with Crippen LogP contribution in [0, 0.1) is 6.92 Å². The van der Waals surface area contributed by atoms with Crippen molar-refractivity contribution in [1.29, 1.82) is 0 Å². The molecule has 0 saturated carbocycles. The number of urea groups is 1. The molecule has 1 fully saturated rings. The summed E-state index contributed by atoms with van der Waals surface area (Å²) in [5.74, 6) is -1.24. The summed E-state index contributed by atoms with van der Waals surface area (Å²) in [6.07, 6.45) is 2.13. The van der Waals surface area contributed by atoms with Crippen molar-refractivity contribution in [3.8, 4) is 0 Å². The largest absolute Gasteiger partial charge is 0.454 e. The van der Waals surface area contributed by atoms with Gasteiger partial charge in [-0.2, -0.15) is 0 Å². The zero-order valence-corrected chi connectivity index (χ0v) is 15.0. The zero-order valence-electron chi connectivity index (χ0n) is 15.0. The van der Waals surface area contributed by atoms with Crippen molar-refractivity contribution in [2.24, 2.45) is 0 Å². The molecule has 0 unspecified atom stereocenters. The van der Waals surface area contributed by atoms with Crippen LogP contribution in [-0.4, -0.2) is 52.6 Å². The minimum absolute atomic E-state index is 0.198. The maximum Gasteiger partial charge on any atom is 0.326 e. The highest BCUT2D eigenvalue weighted by atomic mass is 16.5. The number of unbranched alkanes of at least 4 members (excludes halogenated alkanes) is 1. The van der Waals surface area contributed by atoms with E-state index in [0.717, 1.165) is 17.7 Å². The van der Waals surface area contributed by atoms with Gasteiger partial charge in [-0.3, -0.25) is 19.3 Å². The molecule has 1 aliphatic rings. The molecule has 0 aromatic carbocycles. The third-order valence-electron chi connectivity index (χ3n) is 3.92. The minimum Gasteiger partial charge on any atom is -0.454 e. The summed E-state index contributed by atoms with van der Waals surface area (Å²) in [6.45, 7) is 4.14. The van der Waals surface area contributed by atoms with Gasteiger partial charge >= 0.3 is 12.0 Å². The van der Waals surface area contributed by atoms with E-state index in [-0.39, 0.29) is 5.82 Å². The van der Waals surface area contributed by atoms with Gasteiger partial charge in [-0.15, -0.1) is 0 Å². The number of rotatable bonds is 8. The standard InChI is InChI=1S/C16H22N4O6/c1-4-5-6-16(3)14(23)20(15(24)18-16)8-13(22)25-9-12(21)17-11-7-10(2)26-19-11/h7H,4-6,8-9H2,1-3H3,(H,18,24)(H,17,19,21)/t16-/m0/s1. The lowest BCUT2D eigenvalue weighted by Crippen LogP contribution is -2.44. The van der Waals surface area contributed by atoms with Crippen molar-refractivity contribution in [3.05, 3.63) is 11.8 Å². The van der Waals surface area contributed by atoms with Gasteiger partial charge in [-0.1, -0.05) is 24.9 Å². The summed E-state index contributed by atoms with van der Waals surface area (Å²) < 4.78 is 9.60. The normalized spacial score (nSPS) is 19.4. The van der Waals surface area contributed by atoms with Crippen molar-refractivity contribution < 1.29 is 28.4 Å². The molecule has 0 spiro atoms. The first-order valence-electron chi connectivity index (χ1n) is 8.28. The van der Waals surface area contributed by atoms with E-state index in [1.807, 2.05) is 6.92 Å². The van der Waals surface area contributed by atoms with Gasteiger partial charge in [0.15, 0.2) is 12.4 Å². The van der Waals surface area contributed by atoms with Gasteiger partial charge in [-0.25, -0.2) is 4.79 Å². The molecule has 0 aliphatic carbocycles. The van der Waals surface area contributed by atoms with Crippen LogP contribution in [0.2, 0.25) is 0 Å². The van der Waals surface area contributed by atoms with Gasteiger partial charge in [0.2, 0.25) is 0 Å². The molecule has 10 heteroatoms. The Balaban J connectivity index is 1.82. The Morgan fingerprint density at radius 1 is 1.42 bits per heavy atom. The summed E-state index contributed by atoms with van der Waals surface area (Å²) in [5.41, 5.74) is -1.02. The van der Waals surface area contributed by atoms with Gasteiger partial charge < -0.3 is 19.9 Å². The van der Waals surface area contributed by atoms with E-state index in [9.17, 15) is 19.2 Å². The van der Waals surface area contributed by atoms with Gasteiger partial charge in [0, 0.05) is 6.07 Å². The molecule has 0 bridgehead atoms. The molecule has 2 N–H and O–H groups in total. The Morgan fingerprint density at radius 2 is 2.15 bits per heavy atom. The molecule has 2 rings (SSSR count). The van der Waals surface area contributed by atoms with Crippen molar-refractivity contribution in [2.75, 3.05) is 18.5 Å². The Bertz CT molecular complexity index is 715. The van der Waals surface area contributed by atoms with Crippen molar-refractivity contribution in [2.45, 2.75) is 45.6 Å². The van der Waals surface area contributed by atoms with Crippen LogP contribution in [0.15, 0.2) is 10.6 Å². The number of aryl methyl sites for hydroxylation is 1. The number of hydrogen-bond donors (Lipinski definition) is 2. The van der Waals surface area contributed by atoms with Crippen LogP contribution in [0.4, 0.5) is 10.6 Å². The number of amides is 4. The Kier molecular flexibility index (Phi) is 5.96. The molecule has 0 radical (unpaired) electrons. The lowest BCUT2D eigenvalue weighted by atomic mass is 9.95. The molecule has 1 aliphatic heterocycles. The number of ether oxygens (including phenoxy) is 1. The summed E-state index contributed by atoms with van der Waals surface area (Å²) in [5, 5.41) is 8.56. The highest BCUT2D eigenvalue weighted by Crippen LogP contribution is 2.23. The van der Waals surface area contributed by atoms with Crippen LogP contribution in [0.3, 0.4) is 0 Å². The summed E-state index contributed by atoms with van der Waals surface area (Å²) in [6, 6.07) is 0.859. The number of nitrogens with one attached hydrogen (secondary N) is 2. The van der Waals surface area contributed by atoms with Crippen LogP contribution < -0.4 is 10.6 Å². The van der Waals surface area contributed by atoms with E-state index in [1.165, 1.54) is 6.07 Å². The van der Waals surface area contributed by atoms with Gasteiger partial charge in [0.25, 0.3) is 11.8 Å². The molecule has 142 valence electrons. The van der Waals surface area contributed by atoms with Crippen LogP contribution >= 0.6 is 0 Å². The highest BCUT2D eigenvalue weighted by Gasteiger charge is 2.47. The average Bonchev–Trinajstić information content (AvgIpc) is 3.07. The molecule has 26 heavy (non-hydrogen) atoms. The number of esters is 1. The van der Waals surface area contributed by atoms with Crippen LogP contribution in [0.1, 0.15) is 38.9 Å². The van der Waals surface area contributed by atoms with E-state index in [2.05, 4.69) is 15.8 Å². The molecule has 4 amide bonds. The van der Waals surface area contributed by atoms with Gasteiger partial charge in [0.1, 0.15) is 17.8 Å². The quantitative estimate of drug-likeness (QED) is 0.517. The summed E-state index contributed by atoms with van der Waals surface area (Å²) in [7, 11) is 0. The number of anilines is 1. The van der Waals surface area contributed by atoms with Crippen LogP contribution in [0.25, 0.3) is 0 Å². The topological polar surface area (TPSA) is 131 Å². The number of aromatic nitrogens is 1. The average molecular weight is 366 g/mol. The molecule has 1 aromatic rings. The van der Waals surface area contributed by atoms with Crippen LogP contribution in [0.5, 0.6) is 0 Å². The van der Waals surface area contributed by atoms with E-state index in [0.29, 0.717) is 12.2 Å². The van der Waals surface area contributed by atoms with Gasteiger partial charge in [0.05, 0.1) is 0 Å². The van der Waals surface area contributed by atoms with Crippen LogP contribution in [-0.2, 0) is 19.1 Å². The first kappa shape index (κ1) is 19.4. The molecular weight excluding hydrogens is 344 g/mol. The molecule has 2 heterocycles. The lowest BCUT2D eigenvalue weighted by molar-refractivity contribution is -0.150. The smallest absolute Gasteiger partial charge is 0.326 e. The second kappa shape index (κ2) is 7.98. The fourth-order valence-corrected chi connectivity index (χ4v) is 2.52. The minimum atomic E-state index is -1.02. The Hall–Kier alpha value is -2.91. The number of hydrogen-bond acceptors (Lipinski definition) is 7. The zero-order chi connectivity index (χ0) is 19.3. The third-order valence-corrected chi connectivity index (χ3v) is 3.92. The predicted octanol–water partition coefficient (Wildman–Crippen LogP) is 0.965. The Labute approximate surface area is 150 Å². The summed E-state index contributed by atoms with van der Waals surface area (Å²) >= 11 is 0. The predicted molar refractivity (Wildman–Crippen MR) is 89.0 cm³/mol. The van der Waals surface area contributed by atoms with E-state index >= 15 is 0 Å². The maximum atomic E-state index is 12.4. The van der Waals surface area contributed by atoms with E-state index in [1.54, 1.807) is 13.8 Å². The highest BCUT2D eigenvalue weighted by molar-refractivity contribution is 6.08. The molecule has 1 atom stereocenters. The third kappa shape index (κ3) is 4.58. The van der Waals surface area contributed by atoms with E-state index in [4.69, 9.17) is 9.26 Å². The summed E-state index contributed by atoms with van der Waals surface area (Å²) in [4.78, 5) is 48.7. The number of carbonyl (C=O) groups excluding carboxylic acids is 4. The van der Waals surface area contributed by atoms with Crippen molar-refractivity contribution in [1.82, 2.24) is 15.4 Å². The molecular formula is C16H22N4O6.